The summed E-state index contributed by atoms with van der Waals surface area (Å²) in [5.41, 5.74) is 5.90. The van der Waals surface area contributed by atoms with Crippen LogP contribution in [0.2, 0.25) is 0 Å². The molecule has 0 saturated heterocycles. The van der Waals surface area contributed by atoms with E-state index in [-0.39, 0.29) is 29.0 Å². The molecule has 1 aromatic heterocycles. The molecule has 0 amide bonds. The number of ketones is 1. The molecule has 0 bridgehead atoms. The number of carbonyl (C=O) groups excluding carboxylic acids is 2. The van der Waals surface area contributed by atoms with Crippen molar-refractivity contribution in [2.75, 3.05) is 12.3 Å². The van der Waals surface area contributed by atoms with Crippen molar-refractivity contribution >= 4 is 29.3 Å². The van der Waals surface area contributed by atoms with Gasteiger partial charge in [0.25, 0.3) is 0 Å². The van der Waals surface area contributed by atoms with Gasteiger partial charge in [-0.2, -0.15) is 0 Å². The van der Waals surface area contributed by atoms with Crippen molar-refractivity contribution in [1.29, 1.82) is 0 Å². The third kappa shape index (κ3) is 3.47. The molecule has 0 radical (unpaired) electrons. The molecule has 108 valence electrons. The zero-order chi connectivity index (χ0) is 14.5. The van der Waals surface area contributed by atoms with E-state index in [2.05, 4.69) is 9.97 Å². The molecule has 1 aliphatic carbocycles. The number of ether oxygens (including phenoxy) is 1. The Labute approximate surface area is 121 Å². The van der Waals surface area contributed by atoms with E-state index in [1.165, 1.54) is 18.0 Å². The molecule has 20 heavy (non-hydrogen) atoms. The van der Waals surface area contributed by atoms with E-state index in [1.54, 1.807) is 6.92 Å². The van der Waals surface area contributed by atoms with Gasteiger partial charge in [0.05, 0.1) is 11.9 Å². The van der Waals surface area contributed by atoms with Crippen LogP contribution in [0.25, 0.3) is 0 Å². The highest BCUT2D eigenvalue weighted by molar-refractivity contribution is 8.00. The fourth-order valence-electron chi connectivity index (χ4n) is 2.00. The Bertz CT molecular complexity index is 522. The van der Waals surface area contributed by atoms with E-state index < -0.39 is 5.97 Å². The van der Waals surface area contributed by atoms with Crippen LogP contribution in [-0.4, -0.2) is 33.6 Å². The monoisotopic (exact) mass is 295 g/mol. The summed E-state index contributed by atoms with van der Waals surface area (Å²) in [5.74, 6) is -0.211. The van der Waals surface area contributed by atoms with Gasteiger partial charge in [-0.1, -0.05) is 18.2 Å². The van der Waals surface area contributed by atoms with Crippen molar-refractivity contribution < 1.29 is 14.3 Å². The summed E-state index contributed by atoms with van der Waals surface area (Å²) in [7, 11) is 0. The first kappa shape index (κ1) is 14.8. The molecule has 1 heterocycles. The second-order valence-corrected chi connectivity index (χ2v) is 5.66. The van der Waals surface area contributed by atoms with E-state index in [4.69, 9.17) is 10.5 Å². The van der Waals surface area contributed by atoms with E-state index in [0.29, 0.717) is 11.6 Å². The lowest BCUT2D eigenvalue weighted by atomic mass is 9.99. The Morgan fingerprint density at radius 2 is 2.35 bits per heavy atom. The van der Waals surface area contributed by atoms with Crippen molar-refractivity contribution in [1.82, 2.24) is 9.97 Å². The van der Waals surface area contributed by atoms with Crippen LogP contribution in [0, 0.1) is 0 Å². The molecular formula is C13H17N3O3S. The van der Waals surface area contributed by atoms with E-state index >= 15 is 0 Å². The van der Waals surface area contributed by atoms with Crippen LogP contribution in [0.3, 0.4) is 0 Å². The second-order valence-electron chi connectivity index (χ2n) is 4.49. The molecule has 0 aliphatic heterocycles. The van der Waals surface area contributed by atoms with Crippen molar-refractivity contribution in [3.05, 3.63) is 11.8 Å². The maximum atomic E-state index is 11.8. The van der Waals surface area contributed by atoms with Crippen molar-refractivity contribution in [2.45, 2.75) is 43.0 Å². The number of thioether (sulfide) groups is 1. The molecule has 1 saturated carbocycles. The molecular weight excluding hydrogens is 278 g/mol. The summed E-state index contributed by atoms with van der Waals surface area (Å²) in [6.07, 6.45) is 4.82. The van der Waals surface area contributed by atoms with Gasteiger partial charge in [-0.15, -0.1) is 0 Å². The van der Waals surface area contributed by atoms with Gasteiger partial charge in [0.15, 0.2) is 5.16 Å². The maximum Gasteiger partial charge on any atom is 0.343 e. The Morgan fingerprint density at radius 1 is 1.55 bits per heavy atom. The topological polar surface area (TPSA) is 95.2 Å². The number of anilines is 1. The van der Waals surface area contributed by atoms with Crippen LogP contribution in [0.1, 0.15) is 43.0 Å². The second kappa shape index (κ2) is 6.69. The summed E-state index contributed by atoms with van der Waals surface area (Å²) < 4.78 is 4.86. The van der Waals surface area contributed by atoms with Gasteiger partial charge in [-0.05, 0) is 19.8 Å². The highest BCUT2D eigenvalue weighted by Gasteiger charge is 2.24. The van der Waals surface area contributed by atoms with E-state index in [1.807, 2.05) is 0 Å². The predicted octanol–water partition coefficient (Wildman–Crippen LogP) is 1.84. The molecule has 0 spiro atoms. The zero-order valence-electron chi connectivity index (χ0n) is 11.3. The van der Waals surface area contributed by atoms with Crippen molar-refractivity contribution in [3.63, 3.8) is 0 Å². The predicted molar refractivity (Wildman–Crippen MR) is 75.5 cm³/mol. The van der Waals surface area contributed by atoms with E-state index in [9.17, 15) is 9.59 Å². The third-order valence-electron chi connectivity index (χ3n) is 3.04. The highest BCUT2D eigenvalue weighted by atomic mass is 32.2. The number of nitrogen functional groups attached to an aromatic ring is 1. The number of carbonyl (C=O) groups is 2. The van der Waals surface area contributed by atoms with Gasteiger partial charge in [0.2, 0.25) is 0 Å². The Kier molecular flexibility index (Phi) is 4.94. The van der Waals surface area contributed by atoms with Gasteiger partial charge >= 0.3 is 5.97 Å². The molecule has 0 unspecified atom stereocenters. The van der Waals surface area contributed by atoms with Gasteiger partial charge in [0, 0.05) is 12.6 Å². The third-order valence-corrected chi connectivity index (χ3v) is 4.23. The molecule has 1 aromatic rings. The van der Waals surface area contributed by atoms with Crippen LogP contribution in [-0.2, 0) is 9.53 Å². The Balaban J connectivity index is 2.08. The average Bonchev–Trinajstić information content (AvgIpc) is 2.42. The lowest BCUT2D eigenvalue weighted by Gasteiger charge is -2.18. The first-order valence-electron chi connectivity index (χ1n) is 6.60. The normalized spacial score (nSPS) is 18.9. The van der Waals surface area contributed by atoms with Crippen LogP contribution >= 0.6 is 11.8 Å². The number of Topliss-reactive ketones (excluding diaryl/α,β-unsaturated/α-hetero) is 1. The van der Waals surface area contributed by atoms with E-state index in [0.717, 1.165) is 19.3 Å². The molecule has 0 aromatic carbocycles. The highest BCUT2D eigenvalue weighted by Crippen LogP contribution is 2.30. The Morgan fingerprint density at radius 3 is 3.00 bits per heavy atom. The molecule has 7 heteroatoms. The van der Waals surface area contributed by atoms with Crippen molar-refractivity contribution in [2.24, 2.45) is 0 Å². The molecule has 1 aliphatic rings. The first-order valence-corrected chi connectivity index (χ1v) is 7.48. The summed E-state index contributed by atoms with van der Waals surface area (Å²) in [5, 5.41) is 0.326. The summed E-state index contributed by atoms with van der Waals surface area (Å²) in [4.78, 5) is 31.5. The number of hydrogen-bond acceptors (Lipinski definition) is 7. The SMILES string of the molecule is CCOC(=O)c1cnc(S[C@@H]2CCCCC2=O)nc1N. The number of aromatic nitrogens is 2. The van der Waals surface area contributed by atoms with Crippen molar-refractivity contribution in [3.8, 4) is 0 Å². The minimum absolute atomic E-state index is 0.0872. The zero-order valence-corrected chi connectivity index (χ0v) is 12.1. The van der Waals surface area contributed by atoms with Gasteiger partial charge in [0.1, 0.15) is 17.2 Å². The number of nitrogens with zero attached hydrogens (tertiary/aromatic N) is 2. The summed E-state index contributed by atoms with van der Waals surface area (Å²) in [6.45, 7) is 1.99. The van der Waals surface area contributed by atoms with Gasteiger partial charge < -0.3 is 10.5 Å². The lowest BCUT2D eigenvalue weighted by Crippen LogP contribution is -2.21. The van der Waals surface area contributed by atoms with Gasteiger partial charge in [-0.25, -0.2) is 14.8 Å². The maximum absolute atomic E-state index is 11.8. The smallest absolute Gasteiger partial charge is 0.343 e. The minimum atomic E-state index is -0.532. The average molecular weight is 295 g/mol. The largest absolute Gasteiger partial charge is 0.462 e. The minimum Gasteiger partial charge on any atom is -0.462 e. The standard InChI is InChI=1S/C13H17N3O3S/c1-2-19-12(18)8-7-15-13(16-11(8)14)20-10-6-4-3-5-9(10)17/h7,10H,2-6H2,1H3,(H2,14,15,16)/t10-/m1/s1. The number of rotatable bonds is 4. The summed E-state index contributed by atoms with van der Waals surface area (Å²) >= 11 is 1.32. The fraction of sp³-hybridized carbons (Fsp3) is 0.538. The summed E-state index contributed by atoms with van der Waals surface area (Å²) in [6, 6.07) is 0. The quantitative estimate of drug-likeness (QED) is 0.668. The van der Waals surface area contributed by atoms with Crippen LogP contribution < -0.4 is 5.73 Å². The number of nitrogens with two attached hydrogens (primary N) is 1. The lowest BCUT2D eigenvalue weighted by molar-refractivity contribution is -0.119. The molecule has 2 rings (SSSR count). The number of hydrogen-bond donors (Lipinski definition) is 1. The van der Waals surface area contributed by atoms with Crippen LogP contribution in [0.4, 0.5) is 5.82 Å². The molecule has 1 atom stereocenters. The first-order chi connectivity index (χ1) is 9.61. The molecule has 1 fully saturated rings. The Hall–Kier alpha value is -1.63. The molecule has 6 nitrogen and oxygen atoms in total. The fourth-order valence-corrected chi connectivity index (χ4v) is 3.06. The van der Waals surface area contributed by atoms with Gasteiger partial charge in [-0.3, -0.25) is 4.79 Å². The van der Waals surface area contributed by atoms with Crippen LogP contribution in [0.5, 0.6) is 0 Å². The van der Waals surface area contributed by atoms with Crippen LogP contribution in [0.15, 0.2) is 11.4 Å². The molecule has 2 N–H and O–H groups in total. The number of esters is 1.